The highest BCUT2D eigenvalue weighted by atomic mass is 16.5. The molecule has 0 bridgehead atoms. The molecule has 2 aromatic carbocycles. The van der Waals surface area contributed by atoms with E-state index in [1.807, 2.05) is 12.1 Å². The van der Waals surface area contributed by atoms with Gasteiger partial charge in [-0.3, -0.25) is 0 Å². The zero-order valence-corrected chi connectivity index (χ0v) is 14.0. The fourth-order valence-electron chi connectivity index (χ4n) is 3.66. The molecule has 2 heterocycles. The lowest BCUT2D eigenvalue weighted by molar-refractivity contribution is 0.199. The Balaban J connectivity index is 1.74. The van der Waals surface area contributed by atoms with Crippen molar-refractivity contribution in [3.05, 3.63) is 48.0 Å². The summed E-state index contributed by atoms with van der Waals surface area (Å²) in [5.41, 5.74) is 4.43. The average Bonchev–Trinajstić information content (AvgIpc) is 2.80. The maximum atomic E-state index is 9.84. The third-order valence-corrected chi connectivity index (χ3v) is 5.03. The molecule has 0 aliphatic carbocycles. The number of aliphatic hydroxyl groups is 1. The Hall–Kier alpha value is -2.04. The molecule has 4 rings (SSSR count). The van der Waals surface area contributed by atoms with Crippen LogP contribution < -0.4 is 15.0 Å². The summed E-state index contributed by atoms with van der Waals surface area (Å²) in [5.74, 6) is 0.981. The van der Waals surface area contributed by atoms with Crippen LogP contribution in [0.25, 0.3) is 11.1 Å². The lowest BCUT2D eigenvalue weighted by Gasteiger charge is -2.36. The van der Waals surface area contributed by atoms with Gasteiger partial charge >= 0.3 is 0 Å². The van der Waals surface area contributed by atoms with Crippen LogP contribution in [-0.2, 0) is 0 Å². The molecule has 4 heteroatoms. The number of hydrogen-bond acceptors (Lipinski definition) is 4. The number of piperazine rings is 1. The van der Waals surface area contributed by atoms with Crippen molar-refractivity contribution < 1.29 is 9.84 Å². The molecule has 1 saturated heterocycles. The highest BCUT2D eigenvalue weighted by Crippen LogP contribution is 2.37. The summed E-state index contributed by atoms with van der Waals surface area (Å²) in [6.07, 6.45) is 0.598. The lowest BCUT2D eigenvalue weighted by atomic mass is 9.99. The molecule has 2 aliphatic heterocycles. The smallest absolute Gasteiger partial charge is 0.142 e. The largest absolute Gasteiger partial charge is 0.491 e. The first kappa shape index (κ1) is 15.5. The molecule has 0 spiro atoms. The second-order valence-electron chi connectivity index (χ2n) is 6.67. The summed E-state index contributed by atoms with van der Waals surface area (Å²) < 4.78 is 5.98. The van der Waals surface area contributed by atoms with Crippen molar-refractivity contribution in [1.82, 2.24) is 5.32 Å². The predicted octanol–water partition coefficient (Wildman–Crippen LogP) is 2.97. The fourth-order valence-corrected chi connectivity index (χ4v) is 3.66. The number of anilines is 1. The van der Waals surface area contributed by atoms with Crippen LogP contribution in [0.15, 0.2) is 42.5 Å². The van der Waals surface area contributed by atoms with E-state index >= 15 is 0 Å². The third-order valence-electron chi connectivity index (χ3n) is 5.03. The van der Waals surface area contributed by atoms with Gasteiger partial charge in [0.2, 0.25) is 0 Å². The van der Waals surface area contributed by atoms with Crippen LogP contribution in [-0.4, -0.2) is 37.4 Å². The van der Waals surface area contributed by atoms with E-state index in [0.29, 0.717) is 6.04 Å². The van der Waals surface area contributed by atoms with Crippen molar-refractivity contribution in [2.45, 2.75) is 25.5 Å². The van der Waals surface area contributed by atoms with Crippen molar-refractivity contribution in [2.24, 2.45) is 0 Å². The number of rotatable bonds is 2. The first-order chi connectivity index (χ1) is 11.7. The van der Waals surface area contributed by atoms with E-state index in [-0.39, 0.29) is 0 Å². The maximum absolute atomic E-state index is 9.84. The normalized spacial score (nSPS) is 21.2. The predicted molar refractivity (Wildman–Crippen MR) is 96.6 cm³/mol. The van der Waals surface area contributed by atoms with Crippen molar-refractivity contribution >= 4 is 5.69 Å². The first-order valence-corrected chi connectivity index (χ1v) is 8.75. The van der Waals surface area contributed by atoms with Gasteiger partial charge in [-0.05, 0) is 41.8 Å². The Morgan fingerprint density at radius 2 is 2.08 bits per heavy atom. The molecule has 0 aromatic heterocycles. The van der Waals surface area contributed by atoms with Crippen LogP contribution in [0.4, 0.5) is 5.69 Å². The summed E-state index contributed by atoms with van der Waals surface area (Å²) >= 11 is 0. The van der Waals surface area contributed by atoms with Crippen LogP contribution >= 0.6 is 0 Å². The van der Waals surface area contributed by atoms with Gasteiger partial charge in [0.1, 0.15) is 5.75 Å². The number of nitrogens with zero attached hydrogens (tertiary/aromatic N) is 1. The van der Waals surface area contributed by atoms with Crippen LogP contribution in [0.1, 0.15) is 25.0 Å². The van der Waals surface area contributed by atoms with Gasteiger partial charge in [-0.15, -0.1) is 0 Å². The van der Waals surface area contributed by atoms with Crippen LogP contribution in [0, 0.1) is 0 Å². The fraction of sp³-hybridized carbons (Fsp3) is 0.400. The molecule has 1 fully saturated rings. The number of fused-ring (bicyclic) bond motifs is 3. The Morgan fingerprint density at radius 1 is 1.21 bits per heavy atom. The summed E-state index contributed by atoms with van der Waals surface area (Å²) in [7, 11) is 0. The van der Waals surface area contributed by atoms with Crippen molar-refractivity contribution in [3.8, 4) is 16.9 Å². The Kier molecular flexibility index (Phi) is 4.17. The lowest BCUT2D eigenvalue weighted by Crippen LogP contribution is -2.51. The molecule has 2 aromatic rings. The van der Waals surface area contributed by atoms with Gasteiger partial charge in [-0.1, -0.05) is 24.3 Å². The van der Waals surface area contributed by atoms with E-state index in [1.54, 1.807) is 6.92 Å². The Morgan fingerprint density at radius 3 is 2.96 bits per heavy atom. The quantitative estimate of drug-likeness (QED) is 0.891. The Labute approximate surface area is 143 Å². The molecule has 126 valence electrons. The minimum absolute atomic E-state index is 0.452. The molecule has 24 heavy (non-hydrogen) atoms. The number of nitrogens with one attached hydrogen (secondary N) is 1. The molecule has 0 saturated carbocycles. The average molecular weight is 324 g/mol. The van der Waals surface area contributed by atoms with E-state index in [4.69, 9.17) is 4.74 Å². The van der Waals surface area contributed by atoms with E-state index in [1.165, 1.54) is 11.3 Å². The number of benzene rings is 2. The molecule has 2 N–H and O–H groups in total. The highest BCUT2D eigenvalue weighted by Gasteiger charge is 2.27. The number of ether oxygens (including phenoxy) is 1. The summed E-state index contributed by atoms with van der Waals surface area (Å²) in [5, 5.41) is 13.3. The maximum Gasteiger partial charge on any atom is 0.142 e. The third kappa shape index (κ3) is 2.87. The van der Waals surface area contributed by atoms with E-state index in [0.717, 1.165) is 49.5 Å². The standard InChI is InChI=1S/C20H24N2O2/c1-14(23)15-3-2-4-16(11-15)17-5-6-20-19(12-17)22-9-8-21-13-18(22)7-10-24-20/h2-6,11-12,14,18,21,23H,7-10,13H2,1H3/t14?,18-/m0/s1. The van der Waals surface area contributed by atoms with Crippen LogP contribution in [0.2, 0.25) is 0 Å². The zero-order valence-electron chi connectivity index (χ0n) is 14.0. The second-order valence-corrected chi connectivity index (χ2v) is 6.67. The zero-order chi connectivity index (χ0) is 16.5. The monoisotopic (exact) mass is 324 g/mol. The summed E-state index contributed by atoms with van der Waals surface area (Å²) in [6.45, 7) is 5.61. The molecule has 0 radical (unpaired) electrons. The molecule has 4 nitrogen and oxygen atoms in total. The minimum atomic E-state index is -0.452. The topological polar surface area (TPSA) is 44.7 Å². The number of aliphatic hydroxyl groups excluding tert-OH is 1. The van der Waals surface area contributed by atoms with Gasteiger partial charge in [-0.25, -0.2) is 0 Å². The molecule has 1 unspecified atom stereocenters. The van der Waals surface area contributed by atoms with E-state index in [2.05, 4.69) is 40.5 Å². The van der Waals surface area contributed by atoms with Gasteiger partial charge < -0.3 is 20.1 Å². The van der Waals surface area contributed by atoms with Gasteiger partial charge in [0, 0.05) is 32.1 Å². The Bertz CT molecular complexity index is 729. The van der Waals surface area contributed by atoms with Crippen LogP contribution in [0.5, 0.6) is 5.75 Å². The highest BCUT2D eigenvalue weighted by molar-refractivity contribution is 5.73. The van der Waals surface area contributed by atoms with Crippen molar-refractivity contribution in [3.63, 3.8) is 0 Å². The summed E-state index contributed by atoms with van der Waals surface area (Å²) in [6, 6.07) is 15.1. The molecule has 2 atom stereocenters. The summed E-state index contributed by atoms with van der Waals surface area (Å²) in [4.78, 5) is 2.49. The van der Waals surface area contributed by atoms with Crippen molar-refractivity contribution in [2.75, 3.05) is 31.1 Å². The van der Waals surface area contributed by atoms with Crippen LogP contribution in [0.3, 0.4) is 0 Å². The van der Waals surface area contributed by atoms with Gasteiger partial charge in [0.05, 0.1) is 18.4 Å². The molecular formula is C20H24N2O2. The van der Waals surface area contributed by atoms with E-state index in [9.17, 15) is 5.11 Å². The molecule has 0 amide bonds. The van der Waals surface area contributed by atoms with Gasteiger partial charge in [-0.2, -0.15) is 0 Å². The first-order valence-electron chi connectivity index (χ1n) is 8.75. The number of hydrogen-bond donors (Lipinski definition) is 2. The van der Waals surface area contributed by atoms with Gasteiger partial charge in [0.15, 0.2) is 0 Å². The second kappa shape index (κ2) is 6.46. The molecular weight excluding hydrogens is 300 g/mol. The minimum Gasteiger partial charge on any atom is -0.491 e. The molecule has 2 aliphatic rings. The van der Waals surface area contributed by atoms with Crippen molar-refractivity contribution in [1.29, 1.82) is 0 Å². The van der Waals surface area contributed by atoms with E-state index < -0.39 is 6.10 Å². The van der Waals surface area contributed by atoms with Gasteiger partial charge in [0.25, 0.3) is 0 Å². The SMILES string of the molecule is CC(O)c1cccc(-c2ccc3c(c2)N2CCNC[C@@H]2CCO3)c1.